The number of rotatable bonds is 10. The number of hydrogen-bond donors (Lipinski definition) is 4. The molecule has 0 unspecified atom stereocenters. The summed E-state index contributed by atoms with van der Waals surface area (Å²) in [7, 11) is 0. The van der Waals surface area contributed by atoms with E-state index in [0.717, 1.165) is 52.0 Å². The van der Waals surface area contributed by atoms with Crippen molar-refractivity contribution < 1.29 is 0 Å². The van der Waals surface area contributed by atoms with Crippen molar-refractivity contribution in [2.45, 2.75) is 20.4 Å². The number of fused-ring (bicyclic) bond motifs is 1. The largest absolute Gasteiger partial charge is 0.383 e. The Hall–Kier alpha value is -5.07. The van der Waals surface area contributed by atoms with Crippen LogP contribution in [0.3, 0.4) is 0 Å². The summed E-state index contributed by atoms with van der Waals surface area (Å²) in [4.78, 5) is 12.4. The number of allylic oxidation sites excluding steroid dienone is 4. The highest BCUT2D eigenvalue weighted by Crippen LogP contribution is 2.30. The van der Waals surface area contributed by atoms with Gasteiger partial charge in [-0.15, -0.1) is 0 Å². The second-order valence-corrected chi connectivity index (χ2v) is 10.2. The Morgan fingerprint density at radius 3 is 2.54 bits per heavy atom. The first kappa shape index (κ1) is 27.5. The van der Waals surface area contributed by atoms with E-state index in [4.69, 9.17) is 11.1 Å². The molecule has 0 amide bonds. The Labute approximate surface area is 240 Å². The van der Waals surface area contributed by atoms with Gasteiger partial charge in [0.25, 0.3) is 0 Å². The summed E-state index contributed by atoms with van der Waals surface area (Å²) in [5.74, 6) is 0.308. The molecule has 0 saturated heterocycles. The molecule has 0 fully saturated rings. The van der Waals surface area contributed by atoms with Crippen LogP contribution in [0.1, 0.15) is 36.2 Å². The molecule has 0 atom stereocenters. The van der Waals surface area contributed by atoms with E-state index < -0.39 is 0 Å². The third-order valence-electron chi connectivity index (χ3n) is 6.78. The van der Waals surface area contributed by atoms with Crippen LogP contribution in [0.15, 0.2) is 121 Å². The first-order valence-corrected chi connectivity index (χ1v) is 13.6. The van der Waals surface area contributed by atoms with Crippen LogP contribution in [-0.2, 0) is 6.54 Å². The van der Waals surface area contributed by atoms with Crippen LogP contribution in [0.4, 0.5) is 5.82 Å². The van der Waals surface area contributed by atoms with Crippen LogP contribution < -0.4 is 11.1 Å². The maximum atomic E-state index is 9.08. The van der Waals surface area contributed by atoms with Crippen molar-refractivity contribution in [2.24, 2.45) is 0 Å². The lowest BCUT2D eigenvalue weighted by Crippen LogP contribution is -2.15. The normalized spacial score (nSPS) is 12.0. The molecule has 0 radical (unpaired) electrons. The van der Waals surface area contributed by atoms with Gasteiger partial charge in [0, 0.05) is 53.1 Å². The van der Waals surface area contributed by atoms with Gasteiger partial charge in [0.1, 0.15) is 5.82 Å². The molecule has 3 heterocycles. The smallest absolute Gasteiger partial charge is 0.132 e. The SMILES string of the molecule is C=C(C)/C=C(\C=C(/C)CNCc1ccccc1)c1cnc(N)c(C(=N)c2cc3c(-c4ccccn4)cccc3[nH]2)c1. The fraction of sp³-hybridized carbons (Fsp3) is 0.114. The van der Waals surface area contributed by atoms with E-state index in [9.17, 15) is 0 Å². The van der Waals surface area contributed by atoms with Gasteiger partial charge < -0.3 is 16.0 Å². The van der Waals surface area contributed by atoms with Crippen LogP contribution in [0.25, 0.3) is 27.7 Å². The summed E-state index contributed by atoms with van der Waals surface area (Å²) in [6.45, 7) is 9.69. The summed E-state index contributed by atoms with van der Waals surface area (Å²) >= 11 is 0. The van der Waals surface area contributed by atoms with Crippen LogP contribution in [0.5, 0.6) is 0 Å². The van der Waals surface area contributed by atoms with Gasteiger partial charge in [-0.1, -0.05) is 78.4 Å². The van der Waals surface area contributed by atoms with E-state index in [-0.39, 0.29) is 5.71 Å². The zero-order valence-electron chi connectivity index (χ0n) is 23.4. The number of nitrogen functional groups attached to an aromatic ring is 1. The van der Waals surface area contributed by atoms with Gasteiger partial charge in [-0.3, -0.25) is 10.4 Å². The molecular weight excluding hydrogens is 504 g/mol. The highest BCUT2D eigenvalue weighted by Gasteiger charge is 2.16. The molecule has 41 heavy (non-hydrogen) atoms. The van der Waals surface area contributed by atoms with Crippen molar-refractivity contribution in [1.29, 1.82) is 5.41 Å². The van der Waals surface area contributed by atoms with E-state index >= 15 is 0 Å². The Kier molecular flexibility index (Phi) is 8.32. The zero-order valence-corrected chi connectivity index (χ0v) is 23.4. The summed E-state index contributed by atoms with van der Waals surface area (Å²) in [6, 6.07) is 26.2. The maximum Gasteiger partial charge on any atom is 0.132 e. The van der Waals surface area contributed by atoms with E-state index in [1.54, 1.807) is 12.4 Å². The molecule has 5 aromatic rings. The van der Waals surface area contributed by atoms with Crippen molar-refractivity contribution >= 4 is 28.0 Å². The van der Waals surface area contributed by atoms with Gasteiger partial charge in [-0.05, 0) is 55.3 Å². The van der Waals surface area contributed by atoms with E-state index in [2.05, 4.69) is 52.0 Å². The molecule has 3 aromatic heterocycles. The molecule has 0 aliphatic carbocycles. The molecular formula is C35H34N6. The van der Waals surface area contributed by atoms with E-state index in [0.29, 0.717) is 17.1 Å². The molecule has 6 nitrogen and oxygen atoms in total. The minimum absolute atomic E-state index is 0.278. The highest BCUT2D eigenvalue weighted by molar-refractivity contribution is 6.15. The molecule has 2 aromatic carbocycles. The van der Waals surface area contributed by atoms with Gasteiger partial charge in [0.05, 0.1) is 17.1 Å². The minimum atomic E-state index is 0.278. The quantitative estimate of drug-likeness (QED) is 0.110. The van der Waals surface area contributed by atoms with Gasteiger partial charge in [0.2, 0.25) is 0 Å². The molecule has 0 bridgehead atoms. The van der Waals surface area contributed by atoms with Crippen molar-refractivity contribution in [3.05, 3.63) is 144 Å². The lowest BCUT2D eigenvalue weighted by molar-refractivity contribution is 0.740. The molecule has 0 aliphatic heterocycles. The standard InChI is InChI=1S/C35H34N6/c1-23(2)16-26(17-24(3)20-38-21-25-10-5-4-6-11-25)27-18-30(35(37)40-22-27)34(36)33-19-29-28(12-9-14-32(29)41-33)31-13-7-8-15-39-31/h4-19,22,36,38,41H,1,20-21H2,2-3H3,(H2,37,40)/b24-17+,26-16+,36-34?. The van der Waals surface area contributed by atoms with Gasteiger partial charge >= 0.3 is 0 Å². The summed E-state index contributed by atoms with van der Waals surface area (Å²) in [6.07, 6.45) is 7.71. The van der Waals surface area contributed by atoms with Crippen molar-refractivity contribution in [1.82, 2.24) is 20.3 Å². The fourth-order valence-corrected chi connectivity index (χ4v) is 4.80. The summed E-state index contributed by atoms with van der Waals surface area (Å²) in [5, 5.41) is 13.6. The minimum Gasteiger partial charge on any atom is -0.383 e. The number of pyridine rings is 2. The van der Waals surface area contributed by atoms with Crippen LogP contribution >= 0.6 is 0 Å². The second-order valence-electron chi connectivity index (χ2n) is 10.2. The fourth-order valence-electron chi connectivity index (χ4n) is 4.80. The van der Waals surface area contributed by atoms with E-state index in [1.165, 1.54) is 11.1 Å². The first-order valence-electron chi connectivity index (χ1n) is 13.6. The van der Waals surface area contributed by atoms with Crippen LogP contribution in [0, 0.1) is 5.41 Å². The molecule has 0 aliphatic rings. The Morgan fingerprint density at radius 1 is 0.976 bits per heavy atom. The summed E-state index contributed by atoms with van der Waals surface area (Å²) in [5.41, 5.74) is 15.8. The molecule has 0 spiro atoms. The number of nitrogens with one attached hydrogen (secondary N) is 3. The number of H-pyrrole nitrogens is 1. The number of aromatic nitrogens is 3. The molecule has 6 heteroatoms. The van der Waals surface area contributed by atoms with Gasteiger partial charge in [-0.25, -0.2) is 4.98 Å². The van der Waals surface area contributed by atoms with Crippen molar-refractivity contribution in [2.75, 3.05) is 12.3 Å². The predicted octanol–water partition coefficient (Wildman–Crippen LogP) is 7.32. The Morgan fingerprint density at radius 2 is 1.78 bits per heavy atom. The summed E-state index contributed by atoms with van der Waals surface area (Å²) < 4.78 is 0. The molecule has 5 rings (SSSR count). The number of anilines is 1. The average Bonchev–Trinajstić information content (AvgIpc) is 3.42. The number of nitrogens with zero attached hydrogens (tertiary/aromatic N) is 2. The zero-order chi connectivity index (χ0) is 28.8. The van der Waals surface area contributed by atoms with Crippen LogP contribution in [-0.4, -0.2) is 27.2 Å². The first-order chi connectivity index (χ1) is 19.9. The lowest BCUT2D eigenvalue weighted by atomic mass is 9.98. The number of hydrogen-bond acceptors (Lipinski definition) is 5. The topological polar surface area (TPSA) is 103 Å². The third kappa shape index (κ3) is 6.57. The van der Waals surface area contributed by atoms with E-state index in [1.807, 2.05) is 79.7 Å². The Balaban J connectivity index is 1.43. The third-order valence-corrected chi connectivity index (χ3v) is 6.78. The molecule has 204 valence electrons. The number of aromatic amines is 1. The van der Waals surface area contributed by atoms with Crippen molar-refractivity contribution in [3.8, 4) is 11.3 Å². The molecule has 5 N–H and O–H groups in total. The number of benzene rings is 2. The van der Waals surface area contributed by atoms with Gasteiger partial charge in [0.15, 0.2) is 0 Å². The average molecular weight is 539 g/mol. The monoisotopic (exact) mass is 538 g/mol. The van der Waals surface area contributed by atoms with Gasteiger partial charge in [-0.2, -0.15) is 0 Å². The van der Waals surface area contributed by atoms with Crippen LogP contribution in [0.2, 0.25) is 0 Å². The highest BCUT2D eigenvalue weighted by atomic mass is 14.9. The molecule has 0 saturated carbocycles. The lowest BCUT2D eigenvalue weighted by Gasteiger charge is -2.11. The predicted molar refractivity (Wildman–Crippen MR) is 171 cm³/mol. The number of nitrogens with two attached hydrogens (primary N) is 1. The maximum absolute atomic E-state index is 9.08. The Bertz CT molecular complexity index is 1760. The second kappa shape index (κ2) is 12.4. The van der Waals surface area contributed by atoms with Crippen molar-refractivity contribution in [3.63, 3.8) is 0 Å².